The molecule has 1 aromatic heterocycles. The van der Waals surface area contributed by atoms with Crippen molar-refractivity contribution in [3.63, 3.8) is 0 Å². The molecule has 5 nitrogen and oxygen atoms in total. The first-order valence-corrected chi connectivity index (χ1v) is 6.57. The molecule has 0 saturated heterocycles. The standard InChI is InChI=1S/C15H18N2O3/c1-9(2)14(19)8-16-15(20)12-7-13(18)10-5-3-4-6-11(10)17-12/h3-7,9,14,19H,8H2,1-2H3,(H,16,20)(H,17,18). The minimum Gasteiger partial charge on any atom is -0.391 e. The highest BCUT2D eigenvalue weighted by atomic mass is 16.3. The van der Waals surface area contributed by atoms with Gasteiger partial charge in [-0.15, -0.1) is 0 Å². The number of aliphatic hydroxyl groups is 1. The molecule has 0 radical (unpaired) electrons. The molecule has 1 atom stereocenters. The molecule has 5 heteroatoms. The number of nitrogens with one attached hydrogen (secondary N) is 2. The lowest BCUT2D eigenvalue weighted by Crippen LogP contribution is -2.35. The van der Waals surface area contributed by atoms with E-state index in [0.717, 1.165) is 0 Å². The first-order chi connectivity index (χ1) is 9.49. The number of H-pyrrole nitrogens is 1. The van der Waals surface area contributed by atoms with Crippen LogP contribution in [-0.2, 0) is 0 Å². The van der Waals surface area contributed by atoms with Crippen LogP contribution in [0.3, 0.4) is 0 Å². The molecule has 1 heterocycles. The zero-order chi connectivity index (χ0) is 14.7. The van der Waals surface area contributed by atoms with Gasteiger partial charge in [-0.05, 0) is 18.1 Å². The lowest BCUT2D eigenvalue weighted by molar-refractivity contribution is 0.0867. The van der Waals surface area contributed by atoms with Crippen molar-refractivity contribution in [3.8, 4) is 0 Å². The Morgan fingerprint density at radius 1 is 1.35 bits per heavy atom. The number of hydrogen-bond donors (Lipinski definition) is 3. The van der Waals surface area contributed by atoms with Crippen LogP contribution in [0.2, 0.25) is 0 Å². The van der Waals surface area contributed by atoms with E-state index in [9.17, 15) is 14.7 Å². The minimum absolute atomic E-state index is 0.0611. The Morgan fingerprint density at radius 2 is 2.05 bits per heavy atom. The third-order valence-electron chi connectivity index (χ3n) is 3.22. The average Bonchev–Trinajstić information content (AvgIpc) is 2.44. The molecular weight excluding hydrogens is 256 g/mol. The van der Waals surface area contributed by atoms with Crippen LogP contribution in [-0.4, -0.2) is 28.6 Å². The van der Waals surface area contributed by atoms with Crippen molar-refractivity contribution >= 4 is 16.8 Å². The Hall–Kier alpha value is -2.14. The second kappa shape index (κ2) is 5.88. The van der Waals surface area contributed by atoms with E-state index in [1.807, 2.05) is 13.8 Å². The summed E-state index contributed by atoms with van der Waals surface area (Å²) in [5, 5.41) is 12.8. The summed E-state index contributed by atoms with van der Waals surface area (Å²) in [4.78, 5) is 26.8. The van der Waals surface area contributed by atoms with E-state index in [2.05, 4.69) is 10.3 Å². The lowest BCUT2D eigenvalue weighted by Gasteiger charge is -2.15. The van der Waals surface area contributed by atoms with Crippen LogP contribution in [0.5, 0.6) is 0 Å². The molecule has 0 aliphatic heterocycles. The van der Waals surface area contributed by atoms with Gasteiger partial charge in [0, 0.05) is 23.5 Å². The van der Waals surface area contributed by atoms with Crippen LogP contribution in [0.1, 0.15) is 24.3 Å². The molecular formula is C15H18N2O3. The van der Waals surface area contributed by atoms with E-state index in [1.54, 1.807) is 24.3 Å². The number of para-hydroxylation sites is 1. The van der Waals surface area contributed by atoms with E-state index in [0.29, 0.717) is 10.9 Å². The fraction of sp³-hybridized carbons (Fsp3) is 0.333. The van der Waals surface area contributed by atoms with Gasteiger partial charge in [-0.1, -0.05) is 26.0 Å². The molecule has 2 aromatic rings. The van der Waals surface area contributed by atoms with Gasteiger partial charge in [0.1, 0.15) is 5.69 Å². The minimum atomic E-state index is -0.605. The van der Waals surface area contributed by atoms with Crippen molar-refractivity contribution in [2.75, 3.05) is 6.54 Å². The third kappa shape index (κ3) is 3.05. The van der Waals surface area contributed by atoms with Crippen LogP contribution in [0.25, 0.3) is 10.9 Å². The molecule has 1 aromatic carbocycles. The van der Waals surface area contributed by atoms with Crippen LogP contribution in [0.4, 0.5) is 0 Å². The molecule has 0 bridgehead atoms. The number of amides is 1. The van der Waals surface area contributed by atoms with Crippen molar-refractivity contribution in [1.82, 2.24) is 10.3 Å². The van der Waals surface area contributed by atoms with Crippen LogP contribution in [0, 0.1) is 5.92 Å². The molecule has 2 rings (SSSR count). The molecule has 0 aliphatic carbocycles. The summed E-state index contributed by atoms with van der Waals surface area (Å²) in [5.41, 5.74) is 0.619. The molecule has 1 unspecified atom stereocenters. The topological polar surface area (TPSA) is 82.2 Å². The van der Waals surface area contributed by atoms with Gasteiger partial charge >= 0.3 is 0 Å². The SMILES string of the molecule is CC(C)C(O)CNC(=O)c1cc(=O)c2ccccc2[nH]1. The molecule has 0 spiro atoms. The van der Waals surface area contributed by atoms with Crippen LogP contribution in [0.15, 0.2) is 35.1 Å². The number of benzene rings is 1. The Morgan fingerprint density at radius 3 is 2.75 bits per heavy atom. The van der Waals surface area contributed by atoms with Gasteiger partial charge < -0.3 is 15.4 Å². The maximum atomic E-state index is 12.0. The summed E-state index contributed by atoms with van der Waals surface area (Å²) in [5.74, 6) is -0.335. The molecule has 0 fully saturated rings. The number of pyridine rings is 1. The number of carbonyl (C=O) groups is 1. The highest BCUT2D eigenvalue weighted by Gasteiger charge is 2.13. The zero-order valence-corrected chi connectivity index (χ0v) is 11.5. The second-order valence-corrected chi connectivity index (χ2v) is 5.11. The van der Waals surface area contributed by atoms with Crippen molar-refractivity contribution in [2.24, 2.45) is 5.92 Å². The number of carbonyl (C=O) groups excluding carboxylic acids is 1. The van der Waals surface area contributed by atoms with E-state index in [-0.39, 0.29) is 23.6 Å². The fourth-order valence-electron chi connectivity index (χ4n) is 1.85. The van der Waals surface area contributed by atoms with E-state index in [4.69, 9.17) is 0 Å². The van der Waals surface area contributed by atoms with Crippen molar-refractivity contribution in [2.45, 2.75) is 20.0 Å². The molecule has 0 saturated carbocycles. The van der Waals surface area contributed by atoms with E-state index < -0.39 is 12.0 Å². The third-order valence-corrected chi connectivity index (χ3v) is 3.22. The van der Waals surface area contributed by atoms with Crippen molar-refractivity contribution in [1.29, 1.82) is 0 Å². The molecule has 0 aliphatic rings. The Kier molecular flexibility index (Phi) is 4.20. The lowest BCUT2D eigenvalue weighted by atomic mass is 10.1. The predicted octanol–water partition coefficient (Wildman–Crippen LogP) is 1.27. The van der Waals surface area contributed by atoms with Crippen LogP contribution >= 0.6 is 0 Å². The Bertz CT molecular complexity index is 676. The number of aliphatic hydroxyl groups excluding tert-OH is 1. The van der Waals surface area contributed by atoms with Crippen molar-refractivity contribution < 1.29 is 9.90 Å². The maximum absolute atomic E-state index is 12.0. The second-order valence-electron chi connectivity index (χ2n) is 5.11. The molecule has 106 valence electrons. The zero-order valence-electron chi connectivity index (χ0n) is 11.5. The Balaban J connectivity index is 2.21. The number of hydrogen-bond acceptors (Lipinski definition) is 3. The van der Waals surface area contributed by atoms with E-state index in [1.165, 1.54) is 6.07 Å². The van der Waals surface area contributed by atoms with E-state index >= 15 is 0 Å². The summed E-state index contributed by atoms with van der Waals surface area (Å²) in [6.07, 6.45) is -0.605. The smallest absolute Gasteiger partial charge is 0.267 e. The monoisotopic (exact) mass is 274 g/mol. The molecule has 1 amide bonds. The van der Waals surface area contributed by atoms with Gasteiger partial charge in [-0.3, -0.25) is 9.59 Å². The van der Waals surface area contributed by atoms with Gasteiger partial charge in [-0.25, -0.2) is 0 Å². The molecule has 3 N–H and O–H groups in total. The first-order valence-electron chi connectivity index (χ1n) is 6.57. The number of fused-ring (bicyclic) bond motifs is 1. The highest BCUT2D eigenvalue weighted by Crippen LogP contribution is 2.07. The largest absolute Gasteiger partial charge is 0.391 e. The summed E-state index contributed by atoms with van der Waals surface area (Å²) in [6.45, 7) is 3.90. The van der Waals surface area contributed by atoms with Crippen molar-refractivity contribution in [3.05, 3.63) is 46.2 Å². The maximum Gasteiger partial charge on any atom is 0.267 e. The summed E-state index contributed by atoms with van der Waals surface area (Å²) < 4.78 is 0. The highest BCUT2D eigenvalue weighted by molar-refractivity contribution is 5.94. The quantitative estimate of drug-likeness (QED) is 0.785. The van der Waals surface area contributed by atoms with Gasteiger partial charge in [0.05, 0.1) is 6.10 Å². The predicted molar refractivity (Wildman–Crippen MR) is 77.7 cm³/mol. The van der Waals surface area contributed by atoms with Gasteiger partial charge in [0.25, 0.3) is 5.91 Å². The normalized spacial score (nSPS) is 12.6. The van der Waals surface area contributed by atoms with Gasteiger partial charge in [0.15, 0.2) is 5.43 Å². The van der Waals surface area contributed by atoms with Gasteiger partial charge in [-0.2, -0.15) is 0 Å². The summed E-state index contributed by atoms with van der Waals surface area (Å²) in [6, 6.07) is 8.30. The number of aromatic nitrogens is 1. The fourth-order valence-corrected chi connectivity index (χ4v) is 1.85. The number of rotatable bonds is 4. The summed E-state index contributed by atoms with van der Waals surface area (Å²) in [7, 11) is 0. The van der Waals surface area contributed by atoms with Crippen LogP contribution < -0.4 is 10.7 Å². The number of aromatic amines is 1. The summed E-state index contributed by atoms with van der Waals surface area (Å²) >= 11 is 0. The van der Waals surface area contributed by atoms with Gasteiger partial charge in [0.2, 0.25) is 0 Å². The molecule has 20 heavy (non-hydrogen) atoms. The Labute approximate surface area is 116 Å². The average molecular weight is 274 g/mol. The first kappa shape index (κ1) is 14.3.